The number of aromatic nitrogens is 3. The predicted molar refractivity (Wildman–Crippen MR) is 60.8 cm³/mol. The first kappa shape index (κ1) is 11.0. The molecule has 0 amide bonds. The second-order valence-corrected chi connectivity index (χ2v) is 5.73. The van der Waals surface area contributed by atoms with Crippen molar-refractivity contribution in [3.63, 3.8) is 0 Å². The molecule has 0 bridgehead atoms. The zero-order valence-corrected chi connectivity index (χ0v) is 10.00. The average molecular weight is 227 g/mol. The van der Waals surface area contributed by atoms with Crippen molar-refractivity contribution in [1.82, 2.24) is 15.0 Å². The molecule has 0 spiro atoms. The Hall–Kier alpha value is -0.550. The van der Waals surface area contributed by atoms with E-state index in [1.807, 2.05) is 25.0 Å². The Morgan fingerprint density at radius 3 is 3.13 bits per heavy atom. The Labute approximate surface area is 94.1 Å². The van der Waals surface area contributed by atoms with Gasteiger partial charge in [0.2, 0.25) is 0 Å². The third kappa shape index (κ3) is 2.34. The molecule has 0 saturated carbocycles. The van der Waals surface area contributed by atoms with Crippen LogP contribution in [0.15, 0.2) is 6.20 Å². The molecule has 4 nitrogen and oxygen atoms in total. The summed E-state index contributed by atoms with van der Waals surface area (Å²) in [7, 11) is 1.85. The van der Waals surface area contributed by atoms with E-state index in [4.69, 9.17) is 0 Å². The van der Waals surface area contributed by atoms with Gasteiger partial charge in [0, 0.05) is 24.9 Å². The Kier molecular flexibility index (Phi) is 3.02. The monoisotopic (exact) mass is 227 g/mol. The van der Waals surface area contributed by atoms with E-state index in [0.717, 1.165) is 24.3 Å². The van der Waals surface area contributed by atoms with Crippen molar-refractivity contribution in [1.29, 1.82) is 0 Å². The first-order valence-electron chi connectivity index (χ1n) is 5.29. The van der Waals surface area contributed by atoms with Crippen LogP contribution >= 0.6 is 11.8 Å². The number of nitrogens with zero attached hydrogens (tertiary/aromatic N) is 3. The molecule has 1 aromatic heterocycles. The zero-order chi connectivity index (χ0) is 10.9. The van der Waals surface area contributed by atoms with Crippen LogP contribution in [0, 0.1) is 0 Å². The molecule has 1 N–H and O–H groups in total. The SMILES string of the molecule is CC1SCCCC1(O)Cc1cn(C)nn1. The van der Waals surface area contributed by atoms with Crippen LogP contribution in [0.1, 0.15) is 25.5 Å². The fourth-order valence-electron chi connectivity index (χ4n) is 2.02. The molecular formula is C10H17N3OS. The van der Waals surface area contributed by atoms with E-state index in [1.165, 1.54) is 0 Å². The van der Waals surface area contributed by atoms with Crippen molar-refractivity contribution in [3.05, 3.63) is 11.9 Å². The standard InChI is InChI=1S/C10H17N3OS/c1-8-10(14,4-3-5-15-8)6-9-7-13(2)12-11-9/h7-8,14H,3-6H2,1-2H3. The van der Waals surface area contributed by atoms with Crippen LogP contribution in [-0.2, 0) is 13.5 Å². The minimum absolute atomic E-state index is 0.285. The lowest BCUT2D eigenvalue weighted by molar-refractivity contribution is 0.0288. The van der Waals surface area contributed by atoms with Crippen molar-refractivity contribution in [2.45, 2.75) is 37.0 Å². The molecule has 1 aliphatic rings. The summed E-state index contributed by atoms with van der Waals surface area (Å²) in [5.74, 6) is 1.16. The second-order valence-electron chi connectivity index (χ2n) is 4.28. The molecule has 84 valence electrons. The summed E-state index contributed by atoms with van der Waals surface area (Å²) in [6.07, 6.45) is 4.46. The third-order valence-electron chi connectivity index (χ3n) is 3.02. The molecule has 2 heterocycles. The molecule has 2 atom stereocenters. The maximum Gasteiger partial charge on any atom is 0.0856 e. The number of aryl methyl sites for hydroxylation is 1. The van der Waals surface area contributed by atoms with E-state index < -0.39 is 5.60 Å². The van der Waals surface area contributed by atoms with Crippen molar-refractivity contribution in [2.24, 2.45) is 7.05 Å². The van der Waals surface area contributed by atoms with Crippen molar-refractivity contribution in [3.8, 4) is 0 Å². The number of thioether (sulfide) groups is 1. The summed E-state index contributed by atoms with van der Waals surface area (Å²) in [5.41, 5.74) is 0.285. The highest BCUT2D eigenvalue weighted by atomic mass is 32.2. The number of hydrogen-bond donors (Lipinski definition) is 1. The van der Waals surface area contributed by atoms with Gasteiger partial charge in [0.1, 0.15) is 0 Å². The topological polar surface area (TPSA) is 50.9 Å². The van der Waals surface area contributed by atoms with Crippen LogP contribution in [0.25, 0.3) is 0 Å². The van der Waals surface area contributed by atoms with E-state index in [1.54, 1.807) is 4.68 Å². The first-order chi connectivity index (χ1) is 7.10. The Bertz CT molecular complexity index is 341. The summed E-state index contributed by atoms with van der Waals surface area (Å²) in [6, 6.07) is 0. The maximum atomic E-state index is 10.5. The fraction of sp³-hybridized carbons (Fsp3) is 0.800. The van der Waals surface area contributed by atoms with Crippen LogP contribution in [-0.4, -0.2) is 36.7 Å². The molecule has 1 fully saturated rings. The van der Waals surface area contributed by atoms with Gasteiger partial charge in [0.05, 0.1) is 11.3 Å². The summed E-state index contributed by atoms with van der Waals surface area (Å²) >= 11 is 1.85. The third-order valence-corrected chi connectivity index (χ3v) is 4.48. The lowest BCUT2D eigenvalue weighted by Crippen LogP contribution is -2.43. The highest BCUT2D eigenvalue weighted by Crippen LogP contribution is 2.35. The second kappa shape index (κ2) is 4.14. The average Bonchev–Trinajstić information content (AvgIpc) is 2.57. The molecular weight excluding hydrogens is 210 g/mol. The summed E-state index contributed by atoms with van der Waals surface area (Å²) in [6.45, 7) is 2.10. The van der Waals surface area contributed by atoms with Crippen LogP contribution in [0.5, 0.6) is 0 Å². The molecule has 0 radical (unpaired) electrons. The molecule has 0 aliphatic carbocycles. The van der Waals surface area contributed by atoms with Gasteiger partial charge in [-0.05, 0) is 18.6 Å². The molecule has 15 heavy (non-hydrogen) atoms. The normalized spacial score (nSPS) is 31.8. The van der Waals surface area contributed by atoms with Gasteiger partial charge >= 0.3 is 0 Å². The lowest BCUT2D eigenvalue weighted by Gasteiger charge is -2.37. The van der Waals surface area contributed by atoms with Crippen molar-refractivity contribution >= 4 is 11.8 Å². The largest absolute Gasteiger partial charge is 0.388 e. The summed E-state index contributed by atoms with van der Waals surface area (Å²) in [5, 5.41) is 18.7. The van der Waals surface area contributed by atoms with Gasteiger partial charge in [-0.2, -0.15) is 11.8 Å². The van der Waals surface area contributed by atoms with E-state index in [9.17, 15) is 5.11 Å². The number of rotatable bonds is 2. The predicted octanol–water partition coefficient (Wildman–Crippen LogP) is 1.00. The van der Waals surface area contributed by atoms with Gasteiger partial charge in [-0.3, -0.25) is 4.68 Å². The molecule has 1 aromatic rings. The minimum Gasteiger partial charge on any atom is -0.388 e. The van der Waals surface area contributed by atoms with Crippen LogP contribution in [0.4, 0.5) is 0 Å². The minimum atomic E-state index is -0.598. The highest BCUT2D eigenvalue weighted by molar-refractivity contribution is 8.00. The zero-order valence-electron chi connectivity index (χ0n) is 9.18. The van der Waals surface area contributed by atoms with Gasteiger partial charge < -0.3 is 5.11 Å². The Morgan fingerprint density at radius 2 is 2.53 bits per heavy atom. The van der Waals surface area contributed by atoms with Crippen molar-refractivity contribution in [2.75, 3.05) is 5.75 Å². The van der Waals surface area contributed by atoms with E-state index in [2.05, 4.69) is 17.2 Å². The van der Waals surface area contributed by atoms with Crippen LogP contribution in [0.2, 0.25) is 0 Å². The van der Waals surface area contributed by atoms with Crippen LogP contribution in [0.3, 0.4) is 0 Å². The molecule has 1 aliphatic heterocycles. The summed E-state index contributed by atoms with van der Waals surface area (Å²) < 4.78 is 1.68. The van der Waals surface area contributed by atoms with Gasteiger partial charge in [0.15, 0.2) is 0 Å². The fourth-order valence-corrected chi connectivity index (χ4v) is 3.19. The summed E-state index contributed by atoms with van der Waals surface area (Å²) in [4.78, 5) is 0. The Balaban J connectivity index is 2.08. The molecule has 2 rings (SSSR count). The quantitative estimate of drug-likeness (QED) is 0.819. The van der Waals surface area contributed by atoms with E-state index in [-0.39, 0.29) is 5.25 Å². The molecule has 1 saturated heterocycles. The van der Waals surface area contributed by atoms with E-state index >= 15 is 0 Å². The molecule has 5 heteroatoms. The van der Waals surface area contributed by atoms with Gasteiger partial charge in [-0.1, -0.05) is 12.1 Å². The number of aliphatic hydroxyl groups is 1. The van der Waals surface area contributed by atoms with Crippen LogP contribution < -0.4 is 0 Å². The Morgan fingerprint density at radius 1 is 1.73 bits per heavy atom. The molecule has 0 aromatic carbocycles. The lowest BCUT2D eigenvalue weighted by atomic mass is 9.89. The van der Waals surface area contributed by atoms with Crippen molar-refractivity contribution < 1.29 is 5.11 Å². The first-order valence-corrected chi connectivity index (χ1v) is 6.34. The number of hydrogen-bond acceptors (Lipinski definition) is 4. The highest BCUT2D eigenvalue weighted by Gasteiger charge is 2.37. The molecule has 2 unspecified atom stereocenters. The van der Waals surface area contributed by atoms with E-state index in [0.29, 0.717) is 6.42 Å². The smallest absolute Gasteiger partial charge is 0.0856 e. The van der Waals surface area contributed by atoms with Gasteiger partial charge in [-0.25, -0.2) is 0 Å². The maximum absolute atomic E-state index is 10.5. The van der Waals surface area contributed by atoms with Gasteiger partial charge in [-0.15, -0.1) is 5.10 Å². The van der Waals surface area contributed by atoms with Gasteiger partial charge in [0.25, 0.3) is 0 Å².